The van der Waals surface area contributed by atoms with Gasteiger partial charge in [0.15, 0.2) is 0 Å². The molecule has 2 heterocycles. The molecule has 0 aliphatic carbocycles. The lowest BCUT2D eigenvalue weighted by Crippen LogP contribution is -2.37. The molecule has 2 N–H and O–H groups in total. The predicted molar refractivity (Wildman–Crippen MR) is 132 cm³/mol. The van der Waals surface area contributed by atoms with Crippen LogP contribution in [-0.4, -0.2) is 60.7 Å². The van der Waals surface area contributed by atoms with E-state index in [0.29, 0.717) is 30.5 Å². The number of hydrogen-bond acceptors (Lipinski definition) is 5. The molecular weight excluding hydrogens is 452 g/mol. The van der Waals surface area contributed by atoms with Gasteiger partial charge in [0.2, 0.25) is 15.6 Å². The van der Waals surface area contributed by atoms with Crippen molar-refractivity contribution in [2.24, 2.45) is 0 Å². The standard InChI is InChI=1S/C25H30N4O4S/c1-3-29(4-2)34(32,33)20-10-11-23-21(14-20)22(15-24(30)27-23)25(31)26-19-12-13-28(17-19)16-18-8-6-5-7-9-18/h5-11,14-15,19H,3-4,12-13,16-17H2,1-2H3,(H,26,31)(H,27,30)/t19-/m1/s1. The van der Waals surface area contributed by atoms with E-state index in [9.17, 15) is 18.0 Å². The van der Waals surface area contributed by atoms with Gasteiger partial charge in [-0.25, -0.2) is 8.42 Å². The summed E-state index contributed by atoms with van der Waals surface area (Å²) in [5, 5.41) is 3.45. The summed E-state index contributed by atoms with van der Waals surface area (Å²) in [6, 6.07) is 15.8. The Balaban J connectivity index is 1.57. The Kier molecular flexibility index (Phi) is 7.16. The first-order chi connectivity index (χ1) is 16.3. The monoisotopic (exact) mass is 482 g/mol. The summed E-state index contributed by atoms with van der Waals surface area (Å²) < 4.78 is 27.4. The molecule has 0 unspecified atom stereocenters. The maximum atomic E-state index is 13.2. The van der Waals surface area contributed by atoms with Crippen LogP contribution in [0.1, 0.15) is 36.2 Å². The van der Waals surface area contributed by atoms with Gasteiger partial charge in [-0.1, -0.05) is 44.2 Å². The molecule has 0 radical (unpaired) electrons. The molecule has 2 aromatic carbocycles. The van der Waals surface area contributed by atoms with Crippen LogP contribution in [0.2, 0.25) is 0 Å². The zero-order chi connectivity index (χ0) is 24.3. The molecule has 1 aliphatic heterocycles. The fourth-order valence-corrected chi connectivity index (χ4v) is 5.98. The number of amides is 1. The van der Waals surface area contributed by atoms with E-state index in [2.05, 4.69) is 27.3 Å². The van der Waals surface area contributed by atoms with Gasteiger partial charge >= 0.3 is 0 Å². The highest BCUT2D eigenvalue weighted by atomic mass is 32.2. The first kappa shape index (κ1) is 24.1. The first-order valence-corrected chi connectivity index (χ1v) is 13.0. The van der Waals surface area contributed by atoms with Gasteiger partial charge in [-0.3, -0.25) is 14.5 Å². The summed E-state index contributed by atoms with van der Waals surface area (Å²) in [4.78, 5) is 30.5. The molecule has 1 saturated heterocycles. The first-order valence-electron chi connectivity index (χ1n) is 11.6. The summed E-state index contributed by atoms with van der Waals surface area (Å²) in [5.41, 5.74) is 1.41. The van der Waals surface area contributed by atoms with Gasteiger partial charge in [0, 0.05) is 55.7 Å². The third kappa shape index (κ3) is 5.06. The Bertz CT molecular complexity index is 1330. The summed E-state index contributed by atoms with van der Waals surface area (Å²) in [6.07, 6.45) is 0.807. The second-order valence-electron chi connectivity index (χ2n) is 8.52. The number of benzene rings is 2. The number of hydrogen-bond donors (Lipinski definition) is 2. The zero-order valence-electron chi connectivity index (χ0n) is 19.5. The van der Waals surface area contributed by atoms with E-state index in [1.165, 1.54) is 28.1 Å². The number of carbonyl (C=O) groups is 1. The minimum Gasteiger partial charge on any atom is -0.348 e. The van der Waals surface area contributed by atoms with Crippen molar-refractivity contribution in [3.8, 4) is 0 Å². The van der Waals surface area contributed by atoms with Crippen LogP contribution < -0.4 is 10.9 Å². The number of likely N-dealkylation sites (tertiary alicyclic amines) is 1. The lowest BCUT2D eigenvalue weighted by atomic mass is 10.1. The molecule has 1 aliphatic rings. The molecule has 9 heteroatoms. The molecule has 180 valence electrons. The van der Waals surface area contributed by atoms with Crippen LogP contribution in [0.4, 0.5) is 0 Å². The molecule has 1 fully saturated rings. The van der Waals surface area contributed by atoms with Gasteiger partial charge in [0.05, 0.1) is 10.5 Å². The Hall–Kier alpha value is -3.01. The average Bonchev–Trinajstić information content (AvgIpc) is 3.25. The van der Waals surface area contributed by atoms with Crippen molar-refractivity contribution >= 4 is 26.8 Å². The number of pyridine rings is 1. The number of nitrogens with zero attached hydrogens (tertiary/aromatic N) is 2. The van der Waals surface area contributed by atoms with Crippen LogP contribution in [-0.2, 0) is 16.6 Å². The molecule has 1 aromatic heterocycles. The Morgan fingerprint density at radius 2 is 1.85 bits per heavy atom. The molecule has 0 spiro atoms. The summed E-state index contributed by atoms with van der Waals surface area (Å²) in [6.45, 7) is 6.63. The highest BCUT2D eigenvalue weighted by molar-refractivity contribution is 7.89. The number of aromatic amines is 1. The minimum atomic E-state index is -3.70. The molecule has 4 rings (SSSR count). The minimum absolute atomic E-state index is 0.0480. The van der Waals surface area contributed by atoms with Crippen molar-refractivity contribution in [1.82, 2.24) is 19.5 Å². The maximum Gasteiger partial charge on any atom is 0.252 e. The van der Waals surface area contributed by atoms with E-state index < -0.39 is 15.6 Å². The molecule has 0 bridgehead atoms. The zero-order valence-corrected chi connectivity index (χ0v) is 20.3. The largest absolute Gasteiger partial charge is 0.348 e. The molecule has 0 saturated carbocycles. The Morgan fingerprint density at radius 1 is 1.12 bits per heavy atom. The second kappa shape index (κ2) is 10.1. The van der Waals surface area contributed by atoms with E-state index in [1.54, 1.807) is 19.9 Å². The van der Waals surface area contributed by atoms with Crippen molar-refractivity contribution in [2.75, 3.05) is 26.2 Å². The van der Waals surface area contributed by atoms with Gasteiger partial charge in [0.1, 0.15) is 0 Å². The topological polar surface area (TPSA) is 103 Å². The van der Waals surface area contributed by atoms with Gasteiger partial charge in [-0.15, -0.1) is 0 Å². The normalized spacial score (nSPS) is 16.9. The maximum absolute atomic E-state index is 13.2. The Labute approximate surface area is 199 Å². The molecular formula is C25H30N4O4S. The number of nitrogens with one attached hydrogen (secondary N) is 2. The third-order valence-corrected chi connectivity index (χ3v) is 8.30. The smallest absolute Gasteiger partial charge is 0.252 e. The van der Waals surface area contributed by atoms with E-state index in [0.717, 1.165) is 19.5 Å². The second-order valence-corrected chi connectivity index (χ2v) is 10.5. The summed E-state index contributed by atoms with van der Waals surface area (Å²) in [7, 11) is -3.70. The molecule has 1 amide bonds. The van der Waals surface area contributed by atoms with Gasteiger partial charge in [0.25, 0.3) is 5.91 Å². The van der Waals surface area contributed by atoms with Crippen molar-refractivity contribution in [2.45, 2.75) is 37.8 Å². The number of carbonyl (C=O) groups excluding carboxylic acids is 1. The van der Waals surface area contributed by atoms with Crippen molar-refractivity contribution in [3.63, 3.8) is 0 Å². The van der Waals surface area contributed by atoms with Crippen LogP contribution in [0.25, 0.3) is 10.9 Å². The molecule has 1 atom stereocenters. The number of aromatic nitrogens is 1. The molecule has 3 aromatic rings. The predicted octanol–water partition coefficient (Wildman–Crippen LogP) is 2.56. The van der Waals surface area contributed by atoms with Crippen molar-refractivity contribution < 1.29 is 13.2 Å². The summed E-state index contributed by atoms with van der Waals surface area (Å²) in [5.74, 6) is -0.375. The van der Waals surface area contributed by atoms with Crippen LogP contribution in [0.5, 0.6) is 0 Å². The van der Waals surface area contributed by atoms with Crippen molar-refractivity contribution in [3.05, 3.63) is 76.1 Å². The van der Waals surface area contributed by atoms with Crippen LogP contribution in [0, 0.1) is 0 Å². The SMILES string of the molecule is CCN(CC)S(=O)(=O)c1ccc2[nH]c(=O)cc(C(=O)N[C@@H]3CCN(Cc4ccccc4)C3)c2c1. The van der Waals surface area contributed by atoms with Crippen LogP contribution >= 0.6 is 0 Å². The van der Waals surface area contributed by atoms with Crippen LogP contribution in [0.15, 0.2) is 64.3 Å². The Morgan fingerprint density at radius 3 is 2.56 bits per heavy atom. The average molecular weight is 483 g/mol. The summed E-state index contributed by atoms with van der Waals surface area (Å²) >= 11 is 0. The number of H-pyrrole nitrogens is 1. The number of fused-ring (bicyclic) bond motifs is 1. The fraction of sp³-hybridized carbons (Fsp3) is 0.360. The number of rotatable bonds is 8. The highest BCUT2D eigenvalue weighted by Gasteiger charge is 2.26. The molecule has 8 nitrogen and oxygen atoms in total. The van der Waals surface area contributed by atoms with E-state index >= 15 is 0 Å². The fourth-order valence-electron chi connectivity index (χ4n) is 4.49. The lowest BCUT2D eigenvalue weighted by Gasteiger charge is -2.19. The van der Waals surface area contributed by atoms with E-state index in [4.69, 9.17) is 0 Å². The van der Waals surface area contributed by atoms with Crippen LogP contribution in [0.3, 0.4) is 0 Å². The third-order valence-electron chi connectivity index (χ3n) is 6.26. The van der Waals surface area contributed by atoms with E-state index in [1.807, 2.05) is 18.2 Å². The van der Waals surface area contributed by atoms with Gasteiger partial charge in [-0.05, 0) is 30.2 Å². The number of sulfonamides is 1. The lowest BCUT2D eigenvalue weighted by molar-refractivity contribution is 0.0939. The quantitative estimate of drug-likeness (QED) is 0.514. The van der Waals surface area contributed by atoms with E-state index in [-0.39, 0.29) is 22.4 Å². The van der Waals surface area contributed by atoms with Gasteiger partial charge < -0.3 is 10.3 Å². The van der Waals surface area contributed by atoms with Gasteiger partial charge in [-0.2, -0.15) is 4.31 Å². The van der Waals surface area contributed by atoms with Crippen molar-refractivity contribution in [1.29, 1.82) is 0 Å². The highest BCUT2D eigenvalue weighted by Crippen LogP contribution is 2.23. The molecule has 34 heavy (non-hydrogen) atoms.